The minimum atomic E-state index is -0.490. The number of ether oxygens (including phenoxy) is 2. The molecule has 1 fully saturated rings. The van der Waals surface area contributed by atoms with Gasteiger partial charge >= 0.3 is 12.1 Å². The summed E-state index contributed by atoms with van der Waals surface area (Å²) in [4.78, 5) is 27.8. The number of benzene rings is 2. The molecule has 0 bridgehead atoms. The van der Waals surface area contributed by atoms with Gasteiger partial charge in [-0.3, -0.25) is 9.69 Å². The molecule has 202 valence electrons. The fourth-order valence-corrected chi connectivity index (χ4v) is 6.08. The summed E-state index contributed by atoms with van der Waals surface area (Å²) >= 11 is 0. The lowest BCUT2D eigenvalue weighted by Crippen LogP contribution is -2.45. The van der Waals surface area contributed by atoms with Crippen LogP contribution in [0.3, 0.4) is 0 Å². The number of amides is 1. The van der Waals surface area contributed by atoms with E-state index in [4.69, 9.17) is 9.47 Å². The molecule has 3 rings (SSSR count). The smallest absolute Gasteiger partial charge is 0.412 e. The molecular weight excluding hydrogens is 464 g/mol. The molecule has 37 heavy (non-hydrogen) atoms. The molecule has 2 aromatic rings. The summed E-state index contributed by atoms with van der Waals surface area (Å²) in [6.07, 6.45) is 5.77. The van der Waals surface area contributed by atoms with Crippen LogP contribution < -0.4 is 10.1 Å². The molecule has 1 aliphatic carbocycles. The summed E-state index contributed by atoms with van der Waals surface area (Å²) in [6.45, 7) is 7.30. The Morgan fingerprint density at radius 2 is 1.73 bits per heavy atom. The number of hydrogen-bond acceptors (Lipinski definition) is 5. The third-order valence-electron chi connectivity index (χ3n) is 8.12. The van der Waals surface area contributed by atoms with Crippen LogP contribution in [-0.4, -0.2) is 37.6 Å². The Kier molecular flexibility index (Phi) is 10.2. The summed E-state index contributed by atoms with van der Waals surface area (Å²) < 4.78 is 11.3. The van der Waals surface area contributed by atoms with Crippen molar-refractivity contribution in [1.29, 1.82) is 0 Å². The Bertz CT molecular complexity index is 1000. The average molecular weight is 509 g/mol. The van der Waals surface area contributed by atoms with Crippen molar-refractivity contribution in [2.45, 2.75) is 77.9 Å². The molecule has 0 heterocycles. The second-order valence-electron chi connectivity index (χ2n) is 11.0. The Morgan fingerprint density at radius 1 is 1.03 bits per heavy atom. The van der Waals surface area contributed by atoms with E-state index in [0.717, 1.165) is 49.7 Å². The number of hydrogen-bond donors (Lipinski definition) is 1. The molecule has 1 amide bonds. The van der Waals surface area contributed by atoms with Gasteiger partial charge in [0, 0.05) is 12.1 Å². The maximum absolute atomic E-state index is 12.8. The zero-order valence-electron chi connectivity index (χ0n) is 23.2. The van der Waals surface area contributed by atoms with Crippen LogP contribution in [0, 0.1) is 11.3 Å². The average Bonchev–Trinajstić information content (AvgIpc) is 2.88. The van der Waals surface area contributed by atoms with Gasteiger partial charge in [-0.15, -0.1) is 0 Å². The van der Waals surface area contributed by atoms with Gasteiger partial charge in [-0.25, -0.2) is 4.79 Å². The lowest BCUT2D eigenvalue weighted by Gasteiger charge is -2.43. The van der Waals surface area contributed by atoms with Gasteiger partial charge in [0.2, 0.25) is 0 Å². The number of carbonyl (C=O) groups excluding carboxylic acids is 2. The summed E-state index contributed by atoms with van der Waals surface area (Å²) in [7, 11) is 4.19. The summed E-state index contributed by atoms with van der Waals surface area (Å²) in [5.74, 6) is 0.682. The Morgan fingerprint density at radius 3 is 2.35 bits per heavy atom. The first-order chi connectivity index (χ1) is 17.7. The van der Waals surface area contributed by atoms with Crippen molar-refractivity contribution in [3.63, 3.8) is 0 Å². The standard InChI is InChI=1S/C31H44N2O4/c1-6-31(24(2)3,33(4)5)26-16-13-17-27(20-26)37-29(35)32-23-30(18-11-8-12-19-30)21-28(34)36-22-25-14-9-7-10-15-25/h7,9-10,13-17,20,24H,6,8,11-12,18-19,21-23H2,1-5H3,(H,32,35)/t31-/m0/s1. The minimum absolute atomic E-state index is 0.151. The second kappa shape index (κ2) is 13.1. The third kappa shape index (κ3) is 7.35. The van der Waals surface area contributed by atoms with E-state index in [9.17, 15) is 9.59 Å². The van der Waals surface area contributed by atoms with Crippen molar-refractivity contribution in [2.24, 2.45) is 11.3 Å². The maximum atomic E-state index is 12.8. The molecule has 0 radical (unpaired) electrons. The first kappa shape index (κ1) is 28.7. The second-order valence-corrected chi connectivity index (χ2v) is 11.0. The van der Waals surface area contributed by atoms with Gasteiger partial charge in [-0.05, 0) is 68.0 Å². The topological polar surface area (TPSA) is 67.9 Å². The van der Waals surface area contributed by atoms with Gasteiger partial charge in [-0.2, -0.15) is 0 Å². The fourth-order valence-electron chi connectivity index (χ4n) is 6.08. The highest BCUT2D eigenvalue weighted by atomic mass is 16.6. The zero-order chi connectivity index (χ0) is 26.9. The third-order valence-corrected chi connectivity index (χ3v) is 8.12. The highest BCUT2D eigenvalue weighted by Gasteiger charge is 2.37. The fraction of sp³-hybridized carbons (Fsp3) is 0.548. The first-order valence-corrected chi connectivity index (χ1v) is 13.6. The van der Waals surface area contributed by atoms with Crippen LogP contribution in [0.15, 0.2) is 54.6 Å². The quantitative estimate of drug-likeness (QED) is 0.343. The predicted octanol–water partition coefficient (Wildman–Crippen LogP) is 6.68. The highest BCUT2D eigenvalue weighted by molar-refractivity contribution is 5.72. The Hall–Kier alpha value is -2.86. The van der Waals surface area contributed by atoms with E-state index in [0.29, 0.717) is 24.6 Å². The van der Waals surface area contributed by atoms with Crippen molar-refractivity contribution >= 4 is 12.1 Å². The lowest BCUT2D eigenvalue weighted by atomic mass is 9.71. The van der Waals surface area contributed by atoms with Crippen LogP contribution in [0.25, 0.3) is 0 Å². The molecule has 0 saturated heterocycles. The van der Waals surface area contributed by atoms with Crippen LogP contribution in [-0.2, 0) is 21.7 Å². The van der Waals surface area contributed by atoms with Crippen LogP contribution in [0.1, 0.15) is 76.8 Å². The summed E-state index contributed by atoms with van der Waals surface area (Å²) in [6, 6.07) is 17.5. The van der Waals surface area contributed by atoms with Gasteiger partial charge in [0.05, 0.1) is 6.42 Å². The van der Waals surface area contributed by atoms with E-state index < -0.39 is 6.09 Å². The highest BCUT2D eigenvalue weighted by Crippen LogP contribution is 2.40. The molecule has 0 unspecified atom stereocenters. The molecular formula is C31H44N2O4. The van der Waals surface area contributed by atoms with Crippen molar-refractivity contribution in [1.82, 2.24) is 10.2 Å². The van der Waals surface area contributed by atoms with E-state index in [1.807, 2.05) is 48.5 Å². The summed E-state index contributed by atoms with van der Waals surface area (Å²) in [5, 5.41) is 2.96. The number of carbonyl (C=O) groups is 2. The van der Waals surface area contributed by atoms with Crippen LogP contribution in [0.2, 0.25) is 0 Å². The van der Waals surface area contributed by atoms with Crippen LogP contribution in [0.5, 0.6) is 5.75 Å². The molecule has 6 nitrogen and oxygen atoms in total. The van der Waals surface area contributed by atoms with Gasteiger partial charge in [0.1, 0.15) is 12.4 Å². The SMILES string of the molecule is CC[C@@](c1cccc(OC(=O)NCC2(CC(=O)OCc3ccccc3)CCCCC2)c1)(C(C)C)N(C)C. The number of nitrogens with one attached hydrogen (secondary N) is 1. The van der Waals surface area contributed by atoms with Gasteiger partial charge in [0.25, 0.3) is 0 Å². The summed E-state index contributed by atoms with van der Waals surface area (Å²) in [5.41, 5.74) is 1.65. The predicted molar refractivity (Wildman–Crippen MR) is 147 cm³/mol. The molecule has 1 N–H and O–H groups in total. The molecule has 1 aliphatic rings. The largest absolute Gasteiger partial charge is 0.461 e. The monoisotopic (exact) mass is 508 g/mol. The minimum Gasteiger partial charge on any atom is -0.461 e. The molecule has 2 aromatic carbocycles. The molecule has 1 atom stereocenters. The molecule has 0 aromatic heterocycles. The lowest BCUT2D eigenvalue weighted by molar-refractivity contribution is -0.148. The number of esters is 1. The normalized spacial score (nSPS) is 16.7. The van der Waals surface area contributed by atoms with E-state index in [1.54, 1.807) is 0 Å². The Labute approximate surface area is 222 Å². The molecule has 1 saturated carbocycles. The van der Waals surface area contributed by atoms with E-state index in [1.165, 1.54) is 0 Å². The Balaban J connectivity index is 1.62. The van der Waals surface area contributed by atoms with E-state index >= 15 is 0 Å². The van der Waals surface area contributed by atoms with Crippen LogP contribution in [0.4, 0.5) is 4.79 Å². The van der Waals surface area contributed by atoms with Gasteiger partial charge in [-0.1, -0.05) is 82.5 Å². The molecule has 6 heteroatoms. The zero-order valence-corrected chi connectivity index (χ0v) is 23.2. The maximum Gasteiger partial charge on any atom is 0.412 e. The number of rotatable bonds is 11. The molecule has 0 aliphatic heterocycles. The molecule has 0 spiro atoms. The van der Waals surface area contributed by atoms with Gasteiger partial charge in [0.15, 0.2) is 0 Å². The van der Waals surface area contributed by atoms with Crippen molar-refractivity contribution < 1.29 is 19.1 Å². The van der Waals surface area contributed by atoms with Crippen molar-refractivity contribution in [3.05, 3.63) is 65.7 Å². The van der Waals surface area contributed by atoms with Gasteiger partial charge < -0.3 is 14.8 Å². The van der Waals surface area contributed by atoms with Crippen LogP contribution >= 0.6 is 0 Å². The number of nitrogens with zero attached hydrogens (tertiary/aromatic N) is 1. The van der Waals surface area contributed by atoms with Crippen molar-refractivity contribution in [2.75, 3.05) is 20.6 Å². The van der Waals surface area contributed by atoms with Crippen molar-refractivity contribution in [3.8, 4) is 5.75 Å². The van der Waals surface area contributed by atoms with E-state index in [-0.39, 0.29) is 23.5 Å². The van der Waals surface area contributed by atoms with E-state index in [2.05, 4.69) is 51.1 Å². The first-order valence-electron chi connectivity index (χ1n) is 13.6.